The number of pyridine rings is 1. The maximum Gasteiger partial charge on any atom is 1.00 e. The van der Waals surface area contributed by atoms with E-state index in [0.717, 1.165) is 100 Å². The molecule has 0 spiro atoms. The van der Waals surface area contributed by atoms with Crippen LogP contribution in [0.3, 0.4) is 0 Å². The third-order valence-corrected chi connectivity index (χ3v) is 8.22. The van der Waals surface area contributed by atoms with Crippen LogP contribution in [0.4, 0.5) is 10.2 Å². The zero-order valence-electron chi connectivity index (χ0n) is 26.6. The van der Waals surface area contributed by atoms with Crippen molar-refractivity contribution in [3.05, 3.63) is 52.0 Å². The standard InChI is InChI=1S/C18H26FNO2.C13H20N2O2.CH3O.K/c1-18(2,21-3)17-10-16-13(11-20-6-4-5-7-20)8-15(19)9-14(16)12-22-17;1-17-12-9-10(5-2-3-8-16)15-13-11(12)6-4-7-14-13;1-2;/h8-9,17H,4-7,10-12H2,1-3H3;9,16H,2-8H2,1H3,(H,14,15);1H3;/q;;-1;+1. The van der Waals surface area contributed by atoms with Gasteiger partial charge in [-0.05, 0) is 101 Å². The number of nitrogens with one attached hydrogen (secondary N) is 1. The molecule has 0 saturated carbocycles. The fourth-order valence-corrected chi connectivity index (χ4v) is 5.67. The minimum Gasteiger partial charge on any atom is -0.857 e. The maximum absolute atomic E-state index is 13.9. The third-order valence-electron chi connectivity index (χ3n) is 8.22. The summed E-state index contributed by atoms with van der Waals surface area (Å²) >= 11 is 0. The molecular weight excluding hydrogens is 564 g/mol. The Morgan fingerprint density at radius 2 is 1.86 bits per heavy atom. The molecule has 4 heterocycles. The Bertz CT molecular complexity index is 1080. The van der Waals surface area contributed by atoms with Gasteiger partial charge in [0.2, 0.25) is 0 Å². The Hall–Kier alpha value is -0.664. The summed E-state index contributed by atoms with van der Waals surface area (Å²) in [6, 6.07) is 5.36. The average molecular weight is 614 g/mol. The van der Waals surface area contributed by atoms with Crippen molar-refractivity contribution >= 4 is 5.82 Å². The normalized spacial score (nSPS) is 17.8. The molecular formula is C32H49FKN3O5. The molecule has 1 atom stereocenters. The number of aliphatic hydroxyl groups excluding tert-OH is 1. The molecule has 0 radical (unpaired) electrons. The van der Waals surface area contributed by atoms with Crippen molar-refractivity contribution in [3.8, 4) is 5.75 Å². The van der Waals surface area contributed by atoms with Crippen LogP contribution in [0, 0.1) is 5.82 Å². The molecule has 1 aromatic carbocycles. The molecule has 2 N–H and O–H groups in total. The van der Waals surface area contributed by atoms with Crippen LogP contribution in [0.25, 0.3) is 0 Å². The van der Waals surface area contributed by atoms with E-state index in [9.17, 15) is 4.39 Å². The van der Waals surface area contributed by atoms with Crippen LogP contribution < -0.4 is 66.5 Å². The molecule has 230 valence electrons. The van der Waals surface area contributed by atoms with Gasteiger partial charge in [-0.2, -0.15) is 7.11 Å². The number of rotatable bonds is 9. The van der Waals surface area contributed by atoms with Crippen LogP contribution >= 0.6 is 0 Å². The molecule has 42 heavy (non-hydrogen) atoms. The van der Waals surface area contributed by atoms with E-state index in [1.165, 1.54) is 24.0 Å². The van der Waals surface area contributed by atoms with Gasteiger partial charge >= 0.3 is 51.4 Å². The number of unbranched alkanes of at least 4 members (excludes halogenated alkanes) is 1. The summed E-state index contributed by atoms with van der Waals surface area (Å²) in [6.07, 6.45) is 8.16. The molecule has 1 fully saturated rings. The predicted octanol–water partition coefficient (Wildman–Crippen LogP) is 1.03. The summed E-state index contributed by atoms with van der Waals surface area (Å²) in [5, 5.41) is 20.4. The van der Waals surface area contributed by atoms with Crippen LogP contribution in [0.2, 0.25) is 0 Å². The second-order valence-electron chi connectivity index (χ2n) is 11.4. The average Bonchev–Trinajstić information content (AvgIpc) is 3.51. The number of hydrogen-bond donors (Lipinski definition) is 2. The second kappa shape index (κ2) is 19.0. The number of fused-ring (bicyclic) bond motifs is 2. The SMILES string of the molecule is COC(C)(C)C1Cc2c(cc(F)cc2CN2CCCC2)CO1.COc1cc(CCCCO)nc2c1CCCN2.C[O-].[K+]. The quantitative estimate of drug-likeness (QED) is 0.320. The molecule has 1 unspecified atom stereocenters. The smallest absolute Gasteiger partial charge is 0.857 e. The van der Waals surface area contributed by atoms with E-state index in [-0.39, 0.29) is 75.5 Å². The number of aromatic nitrogens is 1. The zero-order chi connectivity index (χ0) is 29.8. The fourth-order valence-electron chi connectivity index (χ4n) is 5.67. The Kier molecular flexibility index (Phi) is 17.0. The fraction of sp³-hybridized carbons (Fsp3) is 0.656. The number of aliphatic hydroxyl groups is 1. The van der Waals surface area contributed by atoms with Gasteiger partial charge in [0.25, 0.3) is 0 Å². The number of aryl methyl sites for hydroxylation is 1. The van der Waals surface area contributed by atoms with Gasteiger partial charge in [0.15, 0.2) is 0 Å². The molecule has 1 aromatic heterocycles. The molecule has 8 nitrogen and oxygen atoms in total. The topological polar surface area (TPSA) is 99.1 Å². The van der Waals surface area contributed by atoms with Crippen molar-refractivity contribution in [3.63, 3.8) is 0 Å². The summed E-state index contributed by atoms with van der Waals surface area (Å²) in [4.78, 5) is 7.04. The van der Waals surface area contributed by atoms with E-state index in [4.69, 9.17) is 24.4 Å². The van der Waals surface area contributed by atoms with Crippen LogP contribution in [0.1, 0.15) is 73.9 Å². The summed E-state index contributed by atoms with van der Waals surface area (Å²) < 4.78 is 30.9. The molecule has 3 aliphatic heterocycles. The van der Waals surface area contributed by atoms with E-state index in [1.807, 2.05) is 19.9 Å². The molecule has 0 bridgehead atoms. The first-order valence-corrected chi connectivity index (χ1v) is 14.9. The van der Waals surface area contributed by atoms with Gasteiger partial charge in [-0.15, -0.1) is 0 Å². The summed E-state index contributed by atoms with van der Waals surface area (Å²) in [5.41, 5.74) is 5.29. The number of ether oxygens (including phenoxy) is 3. The van der Waals surface area contributed by atoms with Gasteiger partial charge in [0, 0.05) is 50.6 Å². The van der Waals surface area contributed by atoms with Crippen LogP contribution in [0.5, 0.6) is 5.75 Å². The van der Waals surface area contributed by atoms with Crippen LogP contribution in [-0.4, -0.2) is 74.3 Å². The van der Waals surface area contributed by atoms with Crippen molar-refractivity contribution in [2.75, 3.05) is 52.9 Å². The predicted molar refractivity (Wildman–Crippen MR) is 158 cm³/mol. The van der Waals surface area contributed by atoms with Crippen molar-refractivity contribution in [2.45, 2.75) is 90.1 Å². The van der Waals surface area contributed by atoms with Gasteiger partial charge in [0.1, 0.15) is 17.4 Å². The summed E-state index contributed by atoms with van der Waals surface area (Å²) in [7, 11) is 4.18. The first kappa shape index (κ1) is 37.5. The Balaban J connectivity index is 0.000000279. The Morgan fingerprint density at radius 1 is 1.12 bits per heavy atom. The monoisotopic (exact) mass is 613 g/mol. The molecule has 1 saturated heterocycles. The first-order chi connectivity index (χ1) is 19.8. The van der Waals surface area contributed by atoms with Crippen molar-refractivity contribution in [2.24, 2.45) is 0 Å². The number of anilines is 1. The van der Waals surface area contributed by atoms with E-state index in [0.29, 0.717) is 6.61 Å². The zero-order valence-corrected chi connectivity index (χ0v) is 29.7. The van der Waals surface area contributed by atoms with Gasteiger partial charge in [-0.1, -0.05) is 0 Å². The molecule has 2 aromatic rings. The van der Waals surface area contributed by atoms with Gasteiger partial charge in [-0.25, -0.2) is 9.37 Å². The first-order valence-electron chi connectivity index (χ1n) is 14.9. The molecule has 3 aliphatic rings. The Labute approximate surface area is 294 Å². The van der Waals surface area contributed by atoms with E-state index in [2.05, 4.69) is 15.2 Å². The number of hydrogen-bond acceptors (Lipinski definition) is 8. The maximum atomic E-state index is 13.9. The van der Waals surface area contributed by atoms with Crippen molar-refractivity contribution in [1.29, 1.82) is 0 Å². The van der Waals surface area contributed by atoms with Crippen LogP contribution in [-0.2, 0) is 41.9 Å². The van der Waals surface area contributed by atoms with Crippen LogP contribution in [0.15, 0.2) is 18.2 Å². The largest absolute Gasteiger partial charge is 1.00 e. The number of benzene rings is 1. The molecule has 10 heteroatoms. The minimum atomic E-state index is -0.336. The molecule has 0 amide bonds. The molecule has 5 rings (SSSR count). The Morgan fingerprint density at radius 3 is 2.52 bits per heavy atom. The van der Waals surface area contributed by atoms with Gasteiger partial charge in [0.05, 0.1) is 25.4 Å². The van der Waals surface area contributed by atoms with E-state index in [1.54, 1.807) is 26.4 Å². The van der Waals surface area contributed by atoms with Crippen molar-refractivity contribution < 1.29 is 80.2 Å². The number of halogens is 1. The summed E-state index contributed by atoms with van der Waals surface area (Å²) in [5.74, 6) is 1.77. The van der Waals surface area contributed by atoms with E-state index < -0.39 is 0 Å². The van der Waals surface area contributed by atoms with E-state index >= 15 is 0 Å². The minimum absolute atomic E-state index is 0. The van der Waals surface area contributed by atoms with Crippen molar-refractivity contribution in [1.82, 2.24) is 9.88 Å². The molecule has 0 aliphatic carbocycles. The third kappa shape index (κ3) is 10.5. The summed E-state index contributed by atoms with van der Waals surface area (Å²) in [6.45, 7) is 8.89. The van der Waals surface area contributed by atoms with Gasteiger partial charge in [-0.3, -0.25) is 4.90 Å². The van der Waals surface area contributed by atoms with Gasteiger partial charge < -0.3 is 29.7 Å². The number of likely N-dealkylation sites (tertiary alicyclic amines) is 1. The second-order valence-corrected chi connectivity index (χ2v) is 11.4. The number of nitrogens with zero attached hydrogens (tertiary/aromatic N) is 2. The number of methoxy groups -OCH3 is 2.